The third kappa shape index (κ3) is 3.63. The molecule has 5 heteroatoms. The van der Waals surface area contributed by atoms with Crippen LogP contribution in [-0.2, 0) is 4.79 Å². The highest BCUT2D eigenvalue weighted by Gasteiger charge is 2.51. The van der Waals surface area contributed by atoms with Gasteiger partial charge in [-0.3, -0.25) is 9.69 Å². The van der Waals surface area contributed by atoms with Crippen molar-refractivity contribution in [1.29, 1.82) is 0 Å². The first-order chi connectivity index (χ1) is 14.0. The normalized spacial score (nSPS) is 28.6. The van der Waals surface area contributed by atoms with Gasteiger partial charge < -0.3 is 14.4 Å². The Bertz CT molecular complexity index is 748. The number of carbonyl (C=O) groups excluding carboxylic acids is 1. The van der Waals surface area contributed by atoms with Gasteiger partial charge in [0.15, 0.2) is 6.61 Å². The lowest BCUT2D eigenvalue weighted by Crippen LogP contribution is -2.56. The summed E-state index contributed by atoms with van der Waals surface area (Å²) in [6, 6.07) is 6.44. The maximum absolute atomic E-state index is 12.7. The average Bonchev–Trinajstić information content (AvgIpc) is 2.93. The molecule has 2 fully saturated rings. The Balaban J connectivity index is 1.51. The number of anilines is 1. The highest BCUT2D eigenvalue weighted by Crippen LogP contribution is 2.49. The van der Waals surface area contributed by atoms with Crippen LogP contribution < -0.4 is 14.4 Å². The van der Waals surface area contributed by atoms with Crippen molar-refractivity contribution >= 4 is 11.6 Å². The minimum atomic E-state index is 0.0378. The molecule has 0 spiro atoms. The lowest BCUT2D eigenvalue weighted by Gasteiger charge is -2.50. The smallest absolute Gasteiger partial charge is 0.265 e. The van der Waals surface area contributed by atoms with E-state index in [1.807, 2.05) is 23.1 Å². The lowest BCUT2D eigenvalue weighted by atomic mass is 9.76. The number of fused-ring (bicyclic) bond motifs is 3. The van der Waals surface area contributed by atoms with Crippen LogP contribution in [0.4, 0.5) is 5.69 Å². The van der Waals surface area contributed by atoms with Gasteiger partial charge in [0.1, 0.15) is 11.5 Å². The van der Waals surface area contributed by atoms with Crippen molar-refractivity contribution in [2.45, 2.75) is 70.9 Å². The number of piperidine rings is 1. The maximum Gasteiger partial charge on any atom is 0.265 e. The molecule has 3 aliphatic heterocycles. The summed E-state index contributed by atoms with van der Waals surface area (Å²) in [6.07, 6.45) is 7.97. The Hall–Kier alpha value is -1.75. The Morgan fingerprint density at radius 2 is 2.07 bits per heavy atom. The topological polar surface area (TPSA) is 42.0 Å². The van der Waals surface area contributed by atoms with E-state index in [4.69, 9.17) is 9.47 Å². The summed E-state index contributed by atoms with van der Waals surface area (Å²) in [5.74, 6) is 2.69. The molecule has 0 radical (unpaired) electrons. The quantitative estimate of drug-likeness (QED) is 0.676. The molecule has 0 aliphatic carbocycles. The van der Waals surface area contributed by atoms with Crippen LogP contribution in [-0.4, -0.2) is 49.2 Å². The average molecular weight is 401 g/mol. The van der Waals surface area contributed by atoms with Gasteiger partial charge in [0, 0.05) is 30.7 Å². The van der Waals surface area contributed by atoms with Gasteiger partial charge in [0.25, 0.3) is 5.91 Å². The second-order valence-corrected chi connectivity index (χ2v) is 9.38. The number of amides is 1. The molecule has 4 atom stereocenters. The van der Waals surface area contributed by atoms with Gasteiger partial charge in [0.05, 0.1) is 12.8 Å². The van der Waals surface area contributed by atoms with E-state index in [0.717, 1.165) is 42.2 Å². The van der Waals surface area contributed by atoms with Crippen molar-refractivity contribution < 1.29 is 14.3 Å². The Morgan fingerprint density at radius 1 is 1.24 bits per heavy atom. The largest absolute Gasteiger partial charge is 0.497 e. The van der Waals surface area contributed by atoms with Crippen molar-refractivity contribution in [3.63, 3.8) is 0 Å². The molecule has 3 unspecified atom stereocenters. The zero-order valence-electron chi connectivity index (χ0n) is 18.4. The van der Waals surface area contributed by atoms with Crippen molar-refractivity contribution in [3.05, 3.63) is 18.2 Å². The fourth-order valence-electron chi connectivity index (χ4n) is 5.99. The van der Waals surface area contributed by atoms with Gasteiger partial charge in [-0.25, -0.2) is 0 Å². The number of rotatable bonds is 7. The third-order valence-corrected chi connectivity index (χ3v) is 7.71. The molecule has 0 N–H and O–H groups in total. The summed E-state index contributed by atoms with van der Waals surface area (Å²) in [5, 5.41) is 0. The molecule has 2 bridgehead atoms. The van der Waals surface area contributed by atoms with Crippen LogP contribution in [0.25, 0.3) is 0 Å². The number of methoxy groups -OCH3 is 1. The molecular weight excluding hydrogens is 364 g/mol. The lowest BCUT2D eigenvalue weighted by molar-refractivity contribution is -0.121. The van der Waals surface area contributed by atoms with Crippen LogP contribution in [0.1, 0.15) is 59.3 Å². The van der Waals surface area contributed by atoms with Crippen LogP contribution in [0.3, 0.4) is 0 Å². The van der Waals surface area contributed by atoms with E-state index in [9.17, 15) is 4.79 Å². The molecule has 3 heterocycles. The van der Waals surface area contributed by atoms with E-state index < -0.39 is 0 Å². The van der Waals surface area contributed by atoms with Crippen molar-refractivity contribution in [2.24, 2.45) is 11.8 Å². The fourth-order valence-corrected chi connectivity index (χ4v) is 5.99. The molecule has 4 rings (SSSR count). The molecule has 0 aromatic heterocycles. The van der Waals surface area contributed by atoms with Gasteiger partial charge in [0.2, 0.25) is 0 Å². The predicted octanol–water partition coefficient (Wildman–Crippen LogP) is 4.49. The number of carbonyl (C=O) groups is 1. The number of hydrogen-bond acceptors (Lipinski definition) is 4. The zero-order valence-corrected chi connectivity index (χ0v) is 18.4. The van der Waals surface area contributed by atoms with Gasteiger partial charge in [-0.15, -0.1) is 0 Å². The van der Waals surface area contributed by atoms with E-state index in [0.29, 0.717) is 11.5 Å². The minimum absolute atomic E-state index is 0.0378. The number of benzene rings is 1. The van der Waals surface area contributed by atoms with Crippen LogP contribution in [0.2, 0.25) is 0 Å². The van der Waals surface area contributed by atoms with Gasteiger partial charge in [-0.1, -0.05) is 33.6 Å². The number of hydrogen-bond donors (Lipinski definition) is 0. The van der Waals surface area contributed by atoms with Crippen LogP contribution in [0.15, 0.2) is 18.2 Å². The SMILES string of the molecule is CCC(C)[C@@]12CCCC(CC1)N2CC(C)CN1C(=O)COc2ccc(OC)cc21. The van der Waals surface area contributed by atoms with Gasteiger partial charge >= 0.3 is 0 Å². The molecule has 3 aliphatic rings. The van der Waals surface area contributed by atoms with Crippen LogP contribution in [0, 0.1) is 11.8 Å². The van der Waals surface area contributed by atoms with Crippen molar-refractivity contribution in [2.75, 3.05) is 31.7 Å². The Labute approximate surface area is 175 Å². The molecule has 1 amide bonds. The summed E-state index contributed by atoms with van der Waals surface area (Å²) in [7, 11) is 1.65. The number of nitrogens with zero attached hydrogens (tertiary/aromatic N) is 2. The first-order valence-corrected chi connectivity index (χ1v) is 11.4. The first kappa shape index (κ1) is 20.5. The standard InChI is InChI=1S/C24H36N2O3/c1-5-18(3)24-11-6-7-19(10-12-24)26(24)15-17(2)14-25-21-13-20(28-4)8-9-22(21)29-16-23(25)27/h8-9,13,17-19H,5-7,10-12,14-16H2,1-4H3/t17?,18?,19?,24-/m1/s1. The Kier molecular flexibility index (Phi) is 5.78. The summed E-state index contributed by atoms with van der Waals surface area (Å²) in [6.45, 7) is 8.98. The summed E-state index contributed by atoms with van der Waals surface area (Å²) >= 11 is 0. The molecule has 5 nitrogen and oxygen atoms in total. The first-order valence-electron chi connectivity index (χ1n) is 11.4. The summed E-state index contributed by atoms with van der Waals surface area (Å²) < 4.78 is 11.0. The fraction of sp³-hybridized carbons (Fsp3) is 0.708. The molecular formula is C24H36N2O3. The molecule has 0 saturated carbocycles. The van der Waals surface area contributed by atoms with Crippen molar-refractivity contribution in [3.8, 4) is 11.5 Å². The molecule has 2 saturated heterocycles. The minimum Gasteiger partial charge on any atom is -0.497 e. The van der Waals surface area contributed by atoms with E-state index in [2.05, 4.69) is 25.7 Å². The summed E-state index contributed by atoms with van der Waals surface area (Å²) in [5.41, 5.74) is 1.22. The molecule has 160 valence electrons. The van der Waals surface area contributed by atoms with Gasteiger partial charge in [-0.2, -0.15) is 0 Å². The zero-order chi connectivity index (χ0) is 20.6. The Morgan fingerprint density at radius 3 is 2.83 bits per heavy atom. The van der Waals surface area contributed by atoms with Crippen molar-refractivity contribution in [1.82, 2.24) is 4.90 Å². The highest BCUT2D eigenvalue weighted by molar-refractivity contribution is 5.98. The molecule has 29 heavy (non-hydrogen) atoms. The maximum atomic E-state index is 12.7. The number of ether oxygens (including phenoxy) is 2. The molecule has 1 aromatic carbocycles. The van der Waals surface area contributed by atoms with E-state index in [1.54, 1.807) is 7.11 Å². The molecule has 1 aromatic rings. The van der Waals surface area contributed by atoms with Gasteiger partial charge in [-0.05, 0) is 49.7 Å². The van der Waals surface area contributed by atoms with Crippen LogP contribution >= 0.6 is 0 Å². The summed E-state index contributed by atoms with van der Waals surface area (Å²) in [4.78, 5) is 17.4. The second kappa shape index (κ2) is 8.17. The van der Waals surface area contributed by atoms with E-state index in [-0.39, 0.29) is 12.5 Å². The van der Waals surface area contributed by atoms with Crippen LogP contribution in [0.5, 0.6) is 11.5 Å². The highest BCUT2D eigenvalue weighted by atomic mass is 16.5. The second-order valence-electron chi connectivity index (χ2n) is 9.38. The third-order valence-electron chi connectivity index (χ3n) is 7.71. The van der Waals surface area contributed by atoms with E-state index in [1.165, 1.54) is 38.5 Å². The monoisotopic (exact) mass is 400 g/mol. The predicted molar refractivity (Wildman–Crippen MR) is 116 cm³/mol. The van der Waals surface area contributed by atoms with E-state index >= 15 is 0 Å².